The van der Waals surface area contributed by atoms with Gasteiger partial charge in [-0.2, -0.15) is 0 Å². The Labute approximate surface area is 213 Å². The van der Waals surface area contributed by atoms with E-state index in [4.69, 9.17) is 8.92 Å². The molecule has 0 fully saturated rings. The van der Waals surface area contributed by atoms with E-state index >= 15 is 0 Å². The van der Waals surface area contributed by atoms with Crippen LogP contribution in [-0.4, -0.2) is 17.3 Å². The van der Waals surface area contributed by atoms with Gasteiger partial charge in [0.15, 0.2) is 0 Å². The van der Waals surface area contributed by atoms with Crippen LogP contribution in [0.15, 0.2) is 0 Å². The molecule has 0 aliphatic rings. The zero-order valence-corrected chi connectivity index (χ0v) is 26.6. The molecule has 2 heteroatoms. The van der Waals surface area contributed by atoms with Crippen molar-refractivity contribution in [3.8, 4) is 0 Å². The quantitative estimate of drug-likeness (QED) is 0.0673. The number of hydrogen-bond acceptors (Lipinski definition) is 0. The van der Waals surface area contributed by atoms with Gasteiger partial charge in [-0.15, -0.1) is 0 Å². The molecule has 0 saturated heterocycles. The van der Waals surface area contributed by atoms with Crippen molar-refractivity contribution >= 4 is 26.2 Å². The summed E-state index contributed by atoms with van der Waals surface area (Å²) in [4.78, 5) is 0. The maximum atomic E-state index is 7.49. The summed E-state index contributed by atoms with van der Waals surface area (Å²) in [6.45, 7) is 6.93. The molecule has 0 atom stereocenters. The van der Waals surface area contributed by atoms with E-state index < -0.39 is 17.3 Å². The minimum absolute atomic E-state index is 1.36. The molecular formula is C30H63ClSn. The molecule has 0 unspecified atom stereocenters. The van der Waals surface area contributed by atoms with Gasteiger partial charge in [0.1, 0.15) is 0 Å². The normalized spacial score (nSPS) is 12.0. The molecule has 0 heterocycles. The van der Waals surface area contributed by atoms with Crippen LogP contribution in [-0.2, 0) is 0 Å². The number of rotatable bonds is 27. The SMILES string of the molecule is CCCCCCCCC[CH2][Sn]([Cl])([CH2]CCCCCCCCC)[CH2]CCCCCCCCC. The van der Waals surface area contributed by atoms with Crippen molar-refractivity contribution in [3.63, 3.8) is 0 Å². The van der Waals surface area contributed by atoms with Crippen LogP contribution in [0.1, 0.15) is 175 Å². The van der Waals surface area contributed by atoms with Gasteiger partial charge in [0.2, 0.25) is 0 Å². The summed E-state index contributed by atoms with van der Waals surface area (Å²) in [7, 11) is 7.49. The fourth-order valence-electron chi connectivity index (χ4n) is 5.10. The van der Waals surface area contributed by atoms with Crippen molar-refractivity contribution in [1.82, 2.24) is 0 Å². The third-order valence-electron chi connectivity index (χ3n) is 7.44. The van der Waals surface area contributed by atoms with Gasteiger partial charge in [-0.25, -0.2) is 0 Å². The Hall–Kier alpha value is 1.09. The maximum absolute atomic E-state index is 7.49. The van der Waals surface area contributed by atoms with Crippen molar-refractivity contribution in [1.29, 1.82) is 0 Å². The van der Waals surface area contributed by atoms with Gasteiger partial charge >= 0.3 is 214 Å². The predicted octanol–water partition coefficient (Wildman–Crippen LogP) is 12.6. The van der Waals surface area contributed by atoms with Gasteiger partial charge in [-0.3, -0.25) is 0 Å². The molecule has 0 rings (SSSR count). The van der Waals surface area contributed by atoms with Crippen LogP contribution in [0.3, 0.4) is 0 Å². The van der Waals surface area contributed by atoms with Crippen LogP contribution < -0.4 is 0 Å². The summed E-state index contributed by atoms with van der Waals surface area (Å²) in [5, 5.41) is 0. The summed E-state index contributed by atoms with van der Waals surface area (Å²) < 4.78 is 4.41. The fourth-order valence-corrected chi connectivity index (χ4v) is 17.5. The standard InChI is InChI=1S/3C10H21.ClH.Sn/c3*1-3-5-7-9-10-8-6-4-2;;/h3*1,3-10H2,2H3;1H;/q;;;;+1/p-1. The van der Waals surface area contributed by atoms with Gasteiger partial charge in [0.05, 0.1) is 0 Å². The fraction of sp³-hybridized carbons (Fsp3) is 1.00. The minimum atomic E-state index is -2.35. The zero-order valence-electron chi connectivity index (χ0n) is 23.0. The molecule has 0 radical (unpaired) electrons. The second-order valence-corrected chi connectivity index (χ2v) is 27.1. The monoisotopic (exact) mass is 578 g/mol. The van der Waals surface area contributed by atoms with Gasteiger partial charge in [0, 0.05) is 0 Å². The van der Waals surface area contributed by atoms with E-state index in [2.05, 4.69) is 20.8 Å². The average Bonchev–Trinajstić information content (AvgIpc) is 2.79. The van der Waals surface area contributed by atoms with Crippen molar-refractivity contribution in [2.24, 2.45) is 0 Å². The molecule has 0 N–H and O–H groups in total. The third-order valence-corrected chi connectivity index (χ3v) is 21.9. The molecular weight excluding hydrogens is 514 g/mol. The van der Waals surface area contributed by atoms with Gasteiger partial charge in [0.25, 0.3) is 0 Å². The van der Waals surface area contributed by atoms with Crippen LogP contribution in [0.4, 0.5) is 0 Å². The van der Waals surface area contributed by atoms with E-state index in [0.717, 1.165) is 0 Å². The number of unbranched alkanes of at least 4 members (excludes halogenated alkanes) is 21. The number of halogens is 1. The Morgan fingerprint density at radius 2 is 0.500 bits per heavy atom. The molecule has 0 saturated carbocycles. The van der Waals surface area contributed by atoms with Crippen molar-refractivity contribution in [3.05, 3.63) is 0 Å². The summed E-state index contributed by atoms with van der Waals surface area (Å²) in [6, 6.07) is 0. The summed E-state index contributed by atoms with van der Waals surface area (Å²) in [5.41, 5.74) is 0. The summed E-state index contributed by atoms with van der Waals surface area (Å²) in [6.07, 6.45) is 34.5. The zero-order chi connectivity index (χ0) is 23.6. The molecule has 0 bridgehead atoms. The second-order valence-electron chi connectivity index (χ2n) is 10.8. The van der Waals surface area contributed by atoms with Crippen molar-refractivity contribution in [2.45, 2.75) is 188 Å². The van der Waals surface area contributed by atoms with Gasteiger partial charge < -0.3 is 0 Å². The van der Waals surface area contributed by atoms with E-state index in [0.29, 0.717) is 0 Å². The Morgan fingerprint density at radius 3 is 0.719 bits per heavy atom. The van der Waals surface area contributed by atoms with E-state index in [1.807, 2.05) is 0 Å². The first-order valence-electron chi connectivity index (χ1n) is 15.4. The second kappa shape index (κ2) is 26.7. The molecule has 0 amide bonds. The van der Waals surface area contributed by atoms with Crippen LogP contribution in [0.5, 0.6) is 0 Å². The molecule has 0 aromatic heterocycles. The first-order chi connectivity index (χ1) is 15.7. The Kier molecular flexibility index (Phi) is 27.6. The molecule has 0 nitrogen and oxygen atoms in total. The van der Waals surface area contributed by atoms with Crippen LogP contribution in [0.25, 0.3) is 0 Å². The summed E-state index contributed by atoms with van der Waals surface area (Å²) >= 11 is -2.35. The van der Waals surface area contributed by atoms with Gasteiger partial charge in [-0.05, 0) is 0 Å². The number of hydrogen-bond donors (Lipinski definition) is 0. The van der Waals surface area contributed by atoms with Crippen LogP contribution >= 0.6 is 8.92 Å². The predicted molar refractivity (Wildman–Crippen MR) is 154 cm³/mol. The Bertz CT molecular complexity index is 293. The Morgan fingerprint density at radius 1 is 0.312 bits per heavy atom. The van der Waals surface area contributed by atoms with Gasteiger partial charge in [-0.1, -0.05) is 0 Å². The first kappa shape index (κ1) is 33.1. The average molecular weight is 578 g/mol. The topological polar surface area (TPSA) is 0 Å². The molecule has 0 spiro atoms. The molecule has 0 aliphatic heterocycles. The third kappa shape index (κ3) is 24.2. The first-order valence-corrected chi connectivity index (χ1v) is 25.0. The molecule has 32 heavy (non-hydrogen) atoms. The molecule has 0 aliphatic carbocycles. The Balaban J connectivity index is 4.04. The van der Waals surface area contributed by atoms with E-state index in [-0.39, 0.29) is 0 Å². The van der Waals surface area contributed by atoms with Crippen LogP contribution in [0, 0.1) is 0 Å². The van der Waals surface area contributed by atoms with Crippen LogP contribution in [0.2, 0.25) is 13.3 Å². The van der Waals surface area contributed by atoms with E-state index in [1.54, 1.807) is 0 Å². The molecule has 0 aromatic rings. The molecule has 194 valence electrons. The van der Waals surface area contributed by atoms with E-state index in [1.165, 1.54) is 167 Å². The van der Waals surface area contributed by atoms with E-state index in [9.17, 15) is 0 Å². The molecule has 0 aromatic carbocycles. The van der Waals surface area contributed by atoms with Crippen molar-refractivity contribution < 1.29 is 0 Å². The van der Waals surface area contributed by atoms with Crippen molar-refractivity contribution in [2.75, 3.05) is 0 Å². The summed E-state index contributed by atoms with van der Waals surface area (Å²) in [5.74, 6) is 0.